The number of esters is 2. The fourth-order valence-electron chi connectivity index (χ4n) is 1.27. The lowest BCUT2D eigenvalue weighted by molar-refractivity contribution is -0.136. The Bertz CT molecular complexity index is 431. The molecule has 1 heterocycles. The fourth-order valence-corrected chi connectivity index (χ4v) is 1.27. The number of carbonyl (C=O) groups is 2. The van der Waals surface area contributed by atoms with E-state index in [-0.39, 0.29) is 5.57 Å². The van der Waals surface area contributed by atoms with Crippen LogP contribution in [-0.4, -0.2) is 30.7 Å². The summed E-state index contributed by atoms with van der Waals surface area (Å²) >= 11 is 0. The number of rotatable bonds is 3. The summed E-state index contributed by atoms with van der Waals surface area (Å²) in [5.41, 5.74) is 0.763. The minimum absolute atomic E-state index is 0.168. The molecule has 0 aromatic carbocycles. The number of aryl methyl sites for hydroxylation is 1. The minimum atomic E-state index is -0.596. The average Bonchev–Trinajstić information content (AvgIpc) is 2.70. The van der Waals surface area contributed by atoms with E-state index < -0.39 is 11.9 Å². The highest BCUT2D eigenvalue weighted by Gasteiger charge is 2.16. The average molecular weight is 223 g/mol. The predicted molar refractivity (Wildman–Crippen MR) is 57.4 cm³/mol. The summed E-state index contributed by atoms with van der Waals surface area (Å²) in [4.78, 5) is 22.6. The maximum atomic E-state index is 11.5. The van der Waals surface area contributed by atoms with Gasteiger partial charge < -0.3 is 14.0 Å². The number of nitrogens with zero attached hydrogens (tertiary/aromatic N) is 1. The van der Waals surface area contributed by atoms with Crippen molar-refractivity contribution in [2.75, 3.05) is 14.2 Å². The molecule has 1 aromatic heterocycles. The first-order valence-electron chi connectivity index (χ1n) is 4.59. The highest BCUT2D eigenvalue weighted by Crippen LogP contribution is 2.16. The van der Waals surface area contributed by atoms with Gasteiger partial charge in [-0.1, -0.05) is 0 Å². The summed E-state index contributed by atoms with van der Waals surface area (Å²) < 4.78 is 10.8. The van der Waals surface area contributed by atoms with Crippen molar-refractivity contribution in [3.63, 3.8) is 0 Å². The van der Waals surface area contributed by atoms with Gasteiger partial charge in [0.25, 0.3) is 0 Å². The Kier molecular flexibility index (Phi) is 3.88. The number of hydrogen-bond acceptors (Lipinski definition) is 4. The Morgan fingerprint density at radius 1 is 1.31 bits per heavy atom. The summed E-state index contributed by atoms with van der Waals surface area (Å²) in [5, 5.41) is 0. The normalized spacial score (nSPS) is 11.1. The molecule has 5 nitrogen and oxygen atoms in total. The molecule has 16 heavy (non-hydrogen) atoms. The van der Waals surface area contributed by atoms with E-state index in [2.05, 4.69) is 9.47 Å². The summed E-state index contributed by atoms with van der Waals surface area (Å²) in [7, 11) is 4.28. The molecule has 0 radical (unpaired) electrons. The van der Waals surface area contributed by atoms with Crippen LogP contribution < -0.4 is 0 Å². The highest BCUT2D eigenvalue weighted by molar-refractivity contribution is 6.20. The Labute approximate surface area is 93.3 Å². The van der Waals surface area contributed by atoms with Gasteiger partial charge >= 0.3 is 11.9 Å². The van der Waals surface area contributed by atoms with Crippen LogP contribution in [0.2, 0.25) is 0 Å². The van der Waals surface area contributed by atoms with E-state index in [1.807, 2.05) is 0 Å². The molecule has 0 saturated carbocycles. The second-order valence-electron chi connectivity index (χ2n) is 3.08. The summed E-state index contributed by atoms with van der Waals surface area (Å²) in [6.07, 6.45) is 2.88. The number of hydrogen-bond donors (Lipinski definition) is 0. The maximum Gasteiger partial charge on any atom is 0.340 e. The van der Waals surface area contributed by atoms with E-state index in [0.29, 0.717) is 5.69 Å². The molecule has 0 saturated heterocycles. The van der Waals surface area contributed by atoms with Gasteiger partial charge in [0.15, 0.2) is 0 Å². The Hall–Kier alpha value is -2.04. The Balaban J connectivity index is 3.16. The molecule has 0 fully saturated rings. The minimum Gasteiger partial charge on any atom is -0.466 e. The van der Waals surface area contributed by atoms with Crippen LogP contribution in [0.1, 0.15) is 5.69 Å². The summed E-state index contributed by atoms with van der Waals surface area (Å²) in [5.74, 6) is -1.17. The molecule has 0 N–H and O–H groups in total. The van der Waals surface area contributed by atoms with Crippen molar-refractivity contribution in [2.24, 2.45) is 7.05 Å². The van der Waals surface area contributed by atoms with E-state index in [4.69, 9.17) is 0 Å². The molecular formula is C11H13NO4. The molecule has 0 aliphatic rings. The summed E-state index contributed by atoms with van der Waals surface area (Å²) in [6, 6.07) is 3.48. The standard InChI is InChI=1S/C11H13NO4/c1-12-6-4-5-9(12)8(11(14)16-3)7-10(13)15-2/h4-7H,1-3H3/b8-7-. The number of carbonyl (C=O) groups excluding carboxylic acids is 2. The van der Waals surface area contributed by atoms with Crippen molar-refractivity contribution in [3.8, 4) is 0 Å². The lowest BCUT2D eigenvalue weighted by Gasteiger charge is -2.06. The van der Waals surface area contributed by atoms with Gasteiger partial charge in [0.05, 0.1) is 25.5 Å². The van der Waals surface area contributed by atoms with Crippen molar-refractivity contribution in [3.05, 3.63) is 30.1 Å². The number of ether oxygens (including phenoxy) is 2. The van der Waals surface area contributed by atoms with Crippen molar-refractivity contribution in [1.29, 1.82) is 0 Å². The van der Waals surface area contributed by atoms with Crippen LogP contribution in [0, 0.1) is 0 Å². The second kappa shape index (κ2) is 5.16. The van der Waals surface area contributed by atoms with Crippen molar-refractivity contribution >= 4 is 17.5 Å². The van der Waals surface area contributed by atoms with Crippen LogP contribution >= 0.6 is 0 Å². The second-order valence-corrected chi connectivity index (χ2v) is 3.08. The first-order valence-corrected chi connectivity index (χ1v) is 4.59. The summed E-state index contributed by atoms with van der Waals surface area (Å²) in [6.45, 7) is 0. The molecular weight excluding hydrogens is 210 g/mol. The molecule has 1 aromatic rings. The van der Waals surface area contributed by atoms with Gasteiger partial charge in [-0.2, -0.15) is 0 Å². The molecule has 1 rings (SSSR count). The molecule has 0 aliphatic carbocycles. The monoisotopic (exact) mass is 223 g/mol. The first-order chi connectivity index (χ1) is 7.60. The molecule has 0 unspecified atom stereocenters. The van der Waals surface area contributed by atoms with E-state index in [1.54, 1.807) is 29.9 Å². The highest BCUT2D eigenvalue weighted by atomic mass is 16.5. The fraction of sp³-hybridized carbons (Fsp3) is 0.273. The van der Waals surface area contributed by atoms with Crippen molar-refractivity contribution in [1.82, 2.24) is 4.57 Å². The van der Waals surface area contributed by atoms with Crippen LogP contribution in [0.25, 0.3) is 5.57 Å². The molecule has 0 aliphatic heterocycles. The third-order valence-corrected chi connectivity index (χ3v) is 2.09. The van der Waals surface area contributed by atoms with Crippen LogP contribution in [0.5, 0.6) is 0 Å². The molecule has 0 atom stereocenters. The van der Waals surface area contributed by atoms with Gasteiger partial charge in [-0.25, -0.2) is 9.59 Å². The van der Waals surface area contributed by atoms with E-state index in [0.717, 1.165) is 6.08 Å². The molecule has 86 valence electrons. The maximum absolute atomic E-state index is 11.5. The van der Waals surface area contributed by atoms with Crippen molar-refractivity contribution in [2.45, 2.75) is 0 Å². The largest absolute Gasteiger partial charge is 0.466 e. The van der Waals surface area contributed by atoms with Crippen LogP contribution in [0.4, 0.5) is 0 Å². The molecule has 0 amide bonds. The quantitative estimate of drug-likeness (QED) is 0.560. The lowest BCUT2D eigenvalue weighted by Crippen LogP contribution is -2.10. The molecule has 0 spiro atoms. The van der Waals surface area contributed by atoms with E-state index in [1.165, 1.54) is 14.2 Å². The van der Waals surface area contributed by atoms with Gasteiger partial charge in [-0.3, -0.25) is 0 Å². The zero-order valence-corrected chi connectivity index (χ0v) is 9.39. The Morgan fingerprint density at radius 3 is 2.44 bits per heavy atom. The smallest absolute Gasteiger partial charge is 0.340 e. The third kappa shape index (κ3) is 2.50. The van der Waals surface area contributed by atoms with Gasteiger partial charge in [0, 0.05) is 19.3 Å². The van der Waals surface area contributed by atoms with Gasteiger partial charge in [-0.05, 0) is 12.1 Å². The van der Waals surface area contributed by atoms with Gasteiger partial charge in [-0.15, -0.1) is 0 Å². The van der Waals surface area contributed by atoms with Crippen LogP contribution in [-0.2, 0) is 26.1 Å². The Morgan fingerprint density at radius 2 is 2.00 bits per heavy atom. The van der Waals surface area contributed by atoms with Crippen molar-refractivity contribution < 1.29 is 19.1 Å². The van der Waals surface area contributed by atoms with E-state index in [9.17, 15) is 9.59 Å². The van der Waals surface area contributed by atoms with Crippen LogP contribution in [0.3, 0.4) is 0 Å². The zero-order valence-electron chi connectivity index (χ0n) is 9.39. The topological polar surface area (TPSA) is 57.5 Å². The first kappa shape index (κ1) is 12.0. The van der Waals surface area contributed by atoms with Crippen LogP contribution in [0.15, 0.2) is 24.4 Å². The zero-order chi connectivity index (χ0) is 12.1. The number of aromatic nitrogens is 1. The van der Waals surface area contributed by atoms with Gasteiger partial charge in [0.2, 0.25) is 0 Å². The predicted octanol–water partition coefficient (Wildman–Crippen LogP) is 0.754. The van der Waals surface area contributed by atoms with E-state index >= 15 is 0 Å². The SMILES string of the molecule is COC(=O)/C=C(\C(=O)OC)c1cccn1C. The lowest BCUT2D eigenvalue weighted by atomic mass is 10.2. The number of methoxy groups -OCH3 is 2. The van der Waals surface area contributed by atoms with Gasteiger partial charge in [0.1, 0.15) is 0 Å². The molecule has 5 heteroatoms. The molecule has 0 bridgehead atoms. The third-order valence-electron chi connectivity index (χ3n) is 2.09.